The number of amides is 1. The summed E-state index contributed by atoms with van der Waals surface area (Å²) in [5.41, 5.74) is 0.887. The molecule has 1 aromatic heterocycles. The van der Waals surface area contributed by atoms with E-state index in [0.717, 1.165) is 5.56 Å². The molecule has 0 radical (unpaired) electrons. The molecule has 0 bridgehead atoms. The van der Waals surface area contributed by atoms with Crippen LogP contribution < -0.4 is 10.1 Å². The van der Waals surface area contributed by atoms with E-state index < -0.39 is 0 Å². The van der Waals surface area contributed by atoms with Gasteiger partial charge >= 0.3 is 0 Å². The van der Waals surface area contributed by atoms with Gasteiger partial charge in [0.05, 0.1) is 0 Å². The smallest absolute Gasteiger partial charge is 0.263 e. The maximum atomic E-state index is 11.7. The van der Waals surface area contributed by atoms with Crippen molar-refractivity contribution >= 4 is 23.3 Å². The standard InChI is InChI=1S/C14H13ClN2O2/c1-10-8-11(15)5-6-12(10)19-9-14(18)17-13-4-2-3-7-16-13/h2-8H,9H2,1H3,(H,16,17,18). The van der Waals surface area contributed by atoms with Crippen molar-refractivity contribution in [2.24, 2.45) is 0 Å². The third kappa shape index (κ3) is 3.96. The summed E-state index contributed by atoms with van der Waals surface area (Å²) in [5.74, 6) is 0.887. The number of ether oxygens (including phenoxy) is 1. The van der Waals surface area contributed by atoms with Crippen LogP contribution in [0.25, 0.3) is 0 Å². The predicted octanol–water partition coefficient (Wildman–Crippen LogP) is 3.06. The summed E-state index contributed by atoms with van der Waals surface area (Å²) >= 11 is 5.84. The molecule has 0 spiro atoms. The van der Waals surface area contributed by atoms with Gasteiger partial charge in [-0.05, 0) is 42.8 Å². The van der Waals surface area contributed by atoms with Crippen molar-refractivity contribution in [1.82, 2.24) is 4.98 Å². The molecule has 2 aromatic rings. The molecule has 4 nitrogen and oxygen atoms in total. The van der Waals surface area contributed by atoms with E-state index >= 15 is 0 Å². The second kappa shape index (κ2) is 6.20. The molecule has 0 aliphatic heterocycles. The maximum absolute atomic E-state index is 11.7. The number of aromatic nitrogens is 1. The first kappa shape index (κ1) is 13.4. The Hall–Kier alpha value is -2.07. The fourth-order valence-corrected chi connectivity index (χ4v) is 1.76. The number of nitrogens with one attached hydrogen (secondary N) is 1. The van der Waals surface area contributed by atoms with Crippen LogP contribution >= 0.6 is 11.6 Å². The lowest BCUT2D eigenvalue weighted by Crippen LogP contribution is -2.20. The van der Waals surface area contributed by atoms with Gasteiger partial charge in [-0.25, -0.2) is 4.98 Å². The molecule has 0 aliphatic rings. The number of benzene rings is 1. The van der Waals surface area contributed by atoms with Crippen LogP contribution in [-0.4, -0.2) is 17.5 Å². The zero-order valence-corrected chi connectivity index (χ0v) is 11.1. The fraction of sp³-hybridized carbons (Fsp3) is 0.143. The van der Waals surface area contributed by atoms with E-state index in [1.807, 2.05) is 6.92 Å². The predicted molar refractivity (Wildman–Crippen MR) is 74.6 cm³/mol. The van der Waals surface area contributed by atoms with Crippen LogP contribution in [-0.2, 0) is 4.79 Å². The first-order valence-corrected chi connectivity index (χ1v) is 6.13. The van der Waals surface area contributed by atoms with E-state index in [1.165, 1.54) is 0 Å². The van der Waals surface area contributed by atoms with Gasteiger partial charge in [-0.15, -0.1) is 0 Å². The van der Waals surface area contributed by atoms with Crippen LogP contribution in [0.15, 0.2) is 42.6 Å². The SMILES string of the molecule is Cc1cc(Cl)ccc1OCC(=O)Nc1ccccn1. The van der Waals surface area contributed by atoms with Crippen LogP contribution in [0.3, 0.4) is 0 Å². The molecule has 0 saturated heterocycles. The van der Waals surface area contributed by atoms with E-state index in [2.05, 4.69) is 10.3 Å². The van der Waals surface area contributed by atoms with Gasteiger partial charge in [0.2, 0.25) is 0 Å². The fourth-order valence-electron chi connectivity index (χ4n) is 1.53. The highest BCUT2D eigenvalue weighted by Crippen LogP contribution is 2.21. The number of hydrogen-bond acceptors (Lipinski definition) is 3. The van der Waals surface area contributed by atoms with Gasteiger partial charge in [-0.1, -0.05) is 17.7 Å². The molecular weight excluding hydrogens is 264 g/mol. The van der Waals surface area contributed by atoms with E-state index in [0.29, 0.717) is 16.6 Å². The third-order valence-corrected chi connectivity index (χ3v) is 2.66. The molecule has 98 valence electrons. The molecule has 0 atom stereocenters. The summed E-state index contributed by atoms with van der Waals surface area (Å²) in [7, 11) is 0. The number of anilines is 1. The van der Waals surface area contributed by atoms with Crippen molar-refractivity contribution in [3.8, 4) is 5.75 Å². The summed E-state index contributed by atoms with van der Waals surface area (Å²) in [6.07, 6.45) is 1.61. The van der Waals surface area contributed by atoms with Gasteiger partial charge < -0.3 is 10.1 Å². The number of pyridine rings is 1. The van der Waals surface area contributed by atoms with Gasteiger partial charge in [-0.2, -0.15) is 0 Å². The highest BCUT2D eigenvalue weighted by atomic mass is 35.5. The molecule has 1 amide bonds. The van der Waals surface area contributed by atoms with E-state index in [9.17, 15) is 4.79 Å². The van der Waals surface area contributed by atoms with Crippen molar-refractivity contribution in [2.75, 3.05) is 11.9 Å². The van der Waals surface area contributed by atoms with Crippen LogP contribution in [0.5, 0.6) is 5.75 Å². The average Bonchev–Trinajstić information content (AvgIpc) is 2.39. The van der Waals surface area contributed by atoms with Crippen LogP contribution in [0.4, 0.5) is 5.82 Å². The molecule has 19 heavy (non-hydrogen) atoms. The Morgan fingerprint density at radius 1 is 1.37 bits per heavy atom. The summed E-state index contributed by atoms with van der Waals surface area (Å²) in [6, 6.07) is 10.5. The van der Waals surface area contributed by atoms with Crippen LogP contribution in [0, 0.1) is 6.92 Å². The van der Waals surface area contributed by atoms with Gasteiger partial charge in [0, 0.05) is 11.2 Å². The Morgan fingerprint density at radius 3 is 2.89 bits per heavy atom. The second-order valence-corrected chi connectivity index (χ2v) is 4.40. The van der Waals surface area contributed by atoms with Gasteiger partial charge in [0.25, 0.3) is 5.91 Å². The molecule has 0 unspecified atom stereocenters. The summed E-state index contributed by atoms with van der Waals surface area (Å²) < 4.78 is 5.43. The third-order valence-electron chi connectivity index (χ3n) is 2.43. The Morgan fingerprint density at radius 2 is 2.21 bits per heavy atom. The molecule has 0 saturated carbocycles. The normalized spacial score (nSPS) is 10.0. The van der Waals surface area contributed by atoms with Crippen molar-refractivity contribution < 1.29 is 9.53 Å². The zero-order valence-electron chi connectivity index (χ0n) is 10.4. The Balaban J connectivity index is 1.90. The van der Waals surface area contributed by atoms with Gasteiger partial charge in [0.1, 0.15) is 11.6 Å². The highest BCUT2D eigenvalue weighted by molar-refractivity contribution is 6.30. The number of carbonyl (C=O) groups is 1. The lowest BCUT2D eigenvalue weighted by molar-refractivity contribution is -0.118. The van der Waals surface area contributed by atoms with Crippen molar-refractivity contribution in [3.05, 3.63) is 53.2 Å². The lowest BCUT2D eigenvalue weighted by Gasteiger charge is -2.09. The monoisotopic (exact) mass is 276 g/mol. The number of aryl methyl sites for hydroxylation is 1. The Labute approximate surface area is 116 Å². The first-order chi connectivity index (χ1) is 9.15. The molecule has 1 N–H and O–H groups in total. The quantitative estimate of drug-likeness (QED) is 0.934. The summed E-state index contributed by atoms with van der Waals surface area (Å²) in [5, 5.41) is 3.28. The number of hydrogen-bond donors (Lipinski definition) is 1. The van der Waals surface area contributed by atoms with E-state index in [-0.39, 0.29) is 12.5 Å². The highest BCUT2D eigenvalue weighted by Gasteiger charge is 2.06. The zero-order chi connectivity index (χ0) is 13.7. The second-order valence-electron chi connectivity index (χ2n) is 3.96. The lowest BCUT2D eigenvalue weighted by atomic mass is 10.2. The van der Waals surface area contributed by atoms with Crippen LogP contribution in [0.2, 0.25) is 5.02 Å². The molecule has 1 heterocycles. The van der Waals surface area contributed by atoms with Gasteiger partial charge in [-0.3, -0.25) is 4.79 Å². The largest absolute Gasteiger partial charge is 0.483 e. The minimum absolute atomic E-state index is 0.0704. The minimum Gasteiger partial charge on any atom is -0.483 e. The number of nitrogens with zero attached hydrogens (tertiary/aromatic N) is 1. The van der Waals surface area contributed by atoms with E-state index in [4.69, 9.17) is 16.3 Å². The average molecular weight is 277 g/mol. The molecule has 0 aliphatic carbocycles. The van der Waals surface area contributed by atoms with Crippen LogP contribution in [0.1, 0.15) is 5.56 Å². The molecule has 1 aromatic carbocycles. The number of carbonyl (C=O) groups excluding carboxylic acids is 1. The molecular formula is C14H13ClN2O2. The summed E-state index contributed by atoms with van der Waals surface area (Å²) in [4.78, 5) is 15.7. The van der Waals surface area contributed by atoms with Crippen molar-refractivity contribution in [1.29, 1.82) is 0 Å². The topological polar surface area (TPSA) is 51.2 Å². The molecule has 2 rings (SSSR count). The maximum Gasteiger partial charge on any atom is 0.263 e. The van der Waals surface area contributed by atoms with E-state index in [1.54, 1.807) is 42.6 Å². The summed E-state index contributed by atoms with van der Waals surface area (Å²) in [6.45, 7) is 1.80. The molecule has 0 fully saturated rings. The van der Waals surface area contributed by atoms with Gasteiger partial charge in [0.15, 0.2) is 6.61 Å². The Bertz CT molecular complexity index is 573. The van der Waals surface area contributed by atoms with Crippen molar-refractivity contribution in [2.45, 2.75) is 6.92 Å². The number of halogens is 1. The molecule has 5 heteroatoms. The number of rotatable bonds is 4. The minimum atomic E-state index is -0.256. The Kier molecular flexibility index (Phi) is 4.36. The van der Waals surface area contributed by atoms with Crippen molar-refractivity contribution in [3.63, 3.8) is 0 Å². The first-order valence-electron chi connectivity index (χ1n) is 5.75.